The Balaban J connectivity index is 2.31. The molecule has 0 aliphatic heterocycles. The molecule has 1 aromatic heterocycles. The lowest BCUT2D eigenvalue weighted by Crippen LogP contribution is -2.40. The normalized spacial score (nSPS) is 11.6. The number of carbonyl (C=O) groups is 1. The molecule has 0 fully saturated rings. The maximum absolute atomic E-state index is 10.5. The number of unbranched alkanes of at least 4 members (excludes halogenated alkanes) is 2. The minimum absolute atomic E-state index is 0.0604. The molecule has 1 heterocycles. The first kappa shape index (κ1) is 16.0. The number of amides is 2. The largest absolute Gasteiger partial charge is 0.370 e. The van der Waals surface area contributed by atoms with Gasteiger partial charge >= 0.3 is 6.03 Å². The van der Waals surface area contributed by atoms with E-state index in [2.05, 4.69) is 27.2 Å². The molecule has 0 aliphatic rings. The van der Waals surface area contributed by atoms with Crippen molar-refractivity contribution in [2.45, 2.75) is 45.4 Å². The van der Waals surface area contributed by atoms with Crippen molar-refractivity contribution in [1.29, 1.82) is 0 Å². The fourth-order valence-corrected chi connectivity index (χ4v) is 1.94. The molecule has 0 atom stereocenters. The van der Waals surface area contributed by atoms with Crippen molar-refractivity contribution in [2.24, 2.45) is 16.5 Å². The van der Waals surface area contributed by atoms with Gasteiger partial charge in [0.2, 0.25) is 0 Å². The Hall–Kier alpha value is -2.05. The Kier molecular flexibility index (Phi) is 7.16. The molecular weight excluding hydrogens is 256 g/mol. The number of carbonyl (C=O) groups excluding carboxylic acids is 1. The zero-order chi connectivity index (χ0) is 14.8. The van der Waals surface area contributed by atoms with Crippen molar-refractivity contribution >= 4 is 12.0 Å². The monoisotopic (exact) mass is 280 g/mol. The molecule has 6 N–H and O–H groups in total. The van der Waals surface area contributed by atoms with E-state index in [0.717, 1.165) is 30.7 Å². The lowest BCUT2D eigenvalue weighted by atomic mass is 10.1. The number of primary amides is 1. The number of urea groups is 1. The van der Waals surface area contributed by atoms with Gasteiger partial charge in [0.15, 0.2) is 5.96 Å². The maximum Gasteiger partial charge on any atom is 0.318 e. The number of aryl methyl sites for hydroxylation is 2. The van der Waals surface area contributed by atoms with Gasteiger partial charge < -0.3 is 16.5 Å². The van der Waals surface area contributed by atoms with E-state index in [1.54, 1.807) is 6.33 Å². The second-order valence-electron chi connectivity index (χ2n) is 4.64. The topological polar surface area (TPSA) is 122 Å². The zero-order valence-electron chi connectivity index (χ0n) is 12.0. The standard InChI is InChI=1S/C13H24N6O/c1-2-3-4-6-10-11(18-9-17-10)7-5-8-16-12(14)19-13(15)20/h9H,2-8H2,1H3,(H,17,18)(H5,14,15,16,19,20). The highest BCUT2D eigenvalue weighted by atomic mass is 16.2. The van der Waals surface area contributed by atoms with Crippen LogP contribution in [0.1, 0.15) is 44.0 Å². The fourth-order valence-electron chi connectivity index (χ4n) is 1.94. The molecule has 0 saturated carbocycles. The molecule has 1 aromatic rings. The Labute approximate surface area is 119 Å². The van der Waals surface area contributed by atoms with Crippen LogP contribution in [0.15, 0.2) is 11.3 Å². The molecule has 0 bridgehead atoms. The van der Waals surface area contributed by atoms with Gasteiger partial charge in [0.05, 0.1) is 12.0 Å². The molecular formula is C13H24N6O. The molecule has 1 rings (SSSR count). The highest BCUT2D eigenvalue weighted by Gasteiger charge is 2.05. The summed E-state index contributed by atoms with van der Waals surface area (Å²) in [5.41, 5.74) is 12.7. The van der Waals surface area contributed by atoms with Gasteiger partial charge in [0.25, 0.3) is 0 Å². The summed E-state index contributed by atoms with van der Waals surface area (Å²) in [7, 11) is 0. The first-order chi connectivity index (χ1) is 9.63. The van der Waals surface area contributed by atoms with Crippen molar-refractivity contribution in [2.75, 3.05) is 6.54 Å². The molecule has 0 radical (unpaired) electrons. The average molecular weight is 280 g/mol. The molecule has 2 amide bonds. The molecule has 20 heavy (non-hydrogen) atoms. The van der Waals surface area contributed by atoms with E-state index in [1.807, 2.05) is 0 Å². The number of nitrogens with zero attached hydrogens (tertiary/aromatic N) is 2. The van der Waals surface area contributed by atoms with Gasteiger partial charge in [-0.3, -0.25) is 10.3 Å². The highest BCUT2D eigenvalue weighted by molar-refractivity contribution is 5.94. The summed E-state index contributed by atoms with van der Waals surface area (Å²) in [6, 6.07) is -0.696. The number of hydrogen-bond donors (Lipinski definition) is 4. The second-order valence-corrected chi connectivity index (χ2v) is 4.64. The predicted octanol–water partition coefficient (Wildman–Crippen LogP) is 1.06. The van der Waals surface area contributed by atoms with Gasteiger partial charge in [0, 0.05) is 12.2 Å². The van der Waals surface area contributed by atoms with Gasteiger partial charge in [-0.25, -0.2) is 9.78 Å². The predicted molar refractivity (Wildman–Crippen MR) is 79.3 cm³/mol. The third kappa shape index (κ3) is 6.21. The van der Waals surface area contributed by atoms with E-state index >= 15 is 0 Å². The van der Waals surface area contributed by atoms with Crippen molar-refractivity contribution in [1.82, 2.24) is 15.3 Å². The smallest absolute Gasteiger partial charge is 0.318 e. The molecule has 7 heteroatoms. The number of aliphatic imine (C=N–C) groups is 1. The maximum atomic E-state index is 10.5. The summed E-state index contributed by atoms with van der Waals surface area (Å²) < 4.78 is 0. The second kappa shape index (κ2) is 8.95. The molecule has 0 spiro atoms. The third-order valence-electron chi connectivity index (χ3n) is 2.94. The van der Waals surface area contributed by atoms with Crippen LogP contribution in [0, 0.1) is 0 Å². The van der Waals surface area contributed by atoms with Gasteiger partial charge in [-0.05, 0) is 25.7 Å². The summed E-state index contributed by atoms with van der Waals surface area (Å²) in [6.07, 6.45) is 8.07. The number of guanidine groups is 1. The van der Waals surface area contributed by atoms with Crippen LogP contribution in [0.3, 0.4) is 0 Å². The van der Waals surface area contributed by atoms with Crippen molar-refractivity contribution in [3.8, 4) is 0 Å². The summed E-state index contributed by atoms with van der Waals surface area (Å²) in [4.78, 5) is 22.1. The Morgan fingerprint density at radius 1 is 1.35 bits per heavy atom. The number of rotatable bonds is 8. The van der Waals surface area contributed by atoms with E-state index in [-0.39, 0.29) is 5.96 Å². The summed E-state index contributed by atoms with van der Waals surface area (Å²) in [5.74, 6) is 0.0604. The lowest BCUT2D eigenvalue weighted by Gasteiger charge is -2.03. The number of aromatic amines is 1. The Morgan fingerprint density at radius 3 is 2.85 bits per heavy atom. The minimum Gasteiger partial charge on any atom is -0.370 e. The Morgan fingerprint density at radius 2 is 2.15 bits per heavy atom. The number of aromatic nitrogens is 2. The first-order valence-corrected chi connectivity index (χ1v) is 7.01. The van der Waals surface area contributed by atoms with Crippen molar-refractivity contribution in [3.05, 3.63) is 17.7 Å². The minimum atomic E-state index is -0.696. The van der Waals surface area contributed by atoms with E-state index in [1.165, 1.54) is 19.3 Å². The summed E-state index contributed by atoms with van der Waals surface area (Å²) in [6.45, 7) is 2.73. The summed E-state index contributed by atoms with van der Waals surface area (Å²) in [5, 5.41) is 2.23. The SMILES string of the molecule is CCCCCc1nc[nH]c1CCCN=C(N)NC(N)=O. The van der Waals surface area contributed by atoms with Crippen LogP contribution in [0.2, 0.25) is 0 Å². The molecule has 112 valence electrons. The van der Waals surface area contributed by atoms with Gasteiger partial charge in [0.1, 0.15) is 0 Å². The molecule has 0 saturated heterocycles. The van der Waals surface area contributed by atoms with E-state index in [0.29, 0.717) is 6.54 Å². The number of hydrogen-bond acceptors (Lipinski definition) is 3. The third-order valence-corrected chi connectivity index (χ3v) is 2.94. The van der Waals surface area contributed by atoms with E-state index < -0.39 is 6.03 Å². The van der Waals surface area contributed by atoms with Crippen LogP contribution in [-0.4, -0.2) is 28.5 Å². The van der Waals surface area contributed by atoms with Gasteiger partial charge in [-0.15, -0.1) is 0 Å². The highest BCUT2D eigenvalue weighted by Crippen LogP contribution is 2.10. The van der Waals surface area contributed by atoms with E-state index in [9.17, 15) is 4.79 Å². The Bertz CT molecular complexity index is 440. The fraction of sp³-hybridized carbons (Fsp3) is 0.615. The zero-order valence-corrected chi connectivity index (χ0v) is 12.0. The average Bonchev–Trinajstić information content (AvgIpc) is 2.82. The van der Waals surface area contributed by atoms with Crippen LogP contribution in [0.25, 0.3) is 0 Å². The summed E-state index contributed by atoms with van der Waals surface area (Å²) >= 11 is 0. The molecule has 0 aliphatic carbocycles. The van der Waals surface area contributed by atoms with Crippen LogP contribution in [0.4, 0.5) is 4.79 Å². The first-order valence-electron chi connectivity index (χ1n) is 7.01. The number of H-pyrrole nitrogens is 1. The van der Waals surface area contributed by atoms with Crippen LogP contribution in [0.5, 0.6) is 0 Å². The van der Waals surface area contributed by atoms with Crippen LogP contribution in [-0.2, 0) is 12.8 Å². The molecule has 0 aromatic carbocycles. The molecule has 7 nitrogen and oxygen atoms in total. The van der Waals surface area contributed by atoms with E-state index in [4.69, 9.17) is 11.5 Å². The lowest BCUT2D eigenvalue weighted by molar-refractivity contribution is 0.253. The van der Waals surface area contributed by atoms with Crippen LogP contribution < -0.4 is 16.8 Å². The number of imidazole rings is 1. The molecule has 0 unspecified atom stereocenters. The van der Waals surface area contributed by atoms with Gasteiger partial charge in [-0.1, -0.05) is 19.8 Å². The number of nitrogens with two attached hydrogens (primary N) is 2. The number of nitrogens with one attached hydrogen (secondary N) is 2. The van der Waals surface area contributed by atoms with Crippen molar-refractivity contribution < 1.29 is 4.79 Å². The quantitative estimate of drug-likeness (QED) is 0.323. The van der Waals surface area contributed by atoms with Gasteiger partial charge in [-0.2, -0.15) is 0 Å². The van der Waals surface area contributed by atoms with Crippen molar-refractivity contribution in [3.63, 3.8) is 0 Å². The van der Waals surface area contributed by atoms with Crippen LogP contribution >= 0.6 is 0 Å².